The molecule has 0 bridgehead atoms. The maximum Gasteiger partial charge on any atom is 0.322 e. The summed E-state index contributed by atoms with van der Waals surface area (Å²) in [5.41, 5.74) is 1.29. The lowest BCUT2D eigenvalue weighted by Gasteiger charge is -2.17. The number of hydrogen-bond acceptors (Lipinski definition) is 5. The van der Waals surface area contributed by atoms with Gasteiger partial charge in [-0.1, -0.05) is 12.1 Å². The Balaban J connectivity index is 1.89. The molecule has 0 saturated carbocycles. The molecule has 1 aromatic carbocycles. The highest BCUT2D eigenvalue weighted by molar-refractivity contribution is 5.73. The predicted octanol–water partition coefficient (Wildman–Crippen LogP) is 2.79. The third-order valence-electron chi connectivity index (χ3n) is 3.04. The first kappa shape index (κ1) is 12.6. The van der Waals surface area contributed by atoms with Crippen molar-refractivity contribution in [2.24, 2.45) is 0 Å². The molecule has 1 aromatic heterocycles. The second kappa shape index (κ2) is 4.59. The average Bonchev–Trinajstić information content (AvgIpc) is 2.75. The number of hydrogen-bond donors (Lipinski definition) is 0. The molecule has 0 N–H and O–H groups in total. The number of aromatic nitrogens is 2. The quantitative estimate of drug-likeness (QED) is 0.802. The number of carbonyl (C=O) groups excluding carboxylic acids is 1. The number of rotatable bonds is 3. The molecule has 5 heteroatoms. The van der Waals surface area contributed by atoms with Crippen LogP contribution in [0.1, 0.15) is 29.8 Å². The zero-order chi connectivity index (χ0) is 14.2. The van der Waals surface area contributed by atoms with Gasteiger partial charge in [0.15, 0.2) is 17.8 Å². The fourth-order valence-electron chi connectivity index (χ4n) is 2.21. The third kappa shape index (κ3) is 2.34. The molecular weight excluding hydrogens is 256 g/mol. The van der Waals surface area contributed by atoms with E-state index in [9.17, 15) is 4.79 Å². The number of carbonyl (C=O) groups is 1. The molecule has 3 rings (SSSR count). The SMILES string of the molecule is CC1(C)Cc2cccc(Oc3ncc(C=O)cn3)c2O1. The van der Waals surface area contributed by atoms with Gasteiger partial charge in [-0.3, -0.25) is 4.79 Å². The number of benzene rings is 1. The molecule has 5 nitrogen and oxygen atoms in total. The number of para-hydroxylation sites is 1. The van der Waals surface area contributed by atoms with Crippen molar-refractivity contribution in [1.29, 1.82) is 0 Å². The van der Waals surface area contributed by atoms with E-state index in [0.717, 1.165) is 17.7 Å². The third-order valence-corrected chi connectivity index (χ3v) is 3.04. The van der Waals surface area contributed by atoms with Gasteiger partial charge in [0.2, 0.25) is 0 Å². The minimum atomic E-state index is -0.232. The van der Waals surface area contributed by atoms with E-state index in [-0.39, 0.29) is 11.6 Å². The number of aldehydes is 1. The van der Waals surface area contributed by atoms with Crippen molar-refractivity contribution in [1.82, 2.24) is 9.97 Å². The Morgan fingerprint density at radius 3 is 2.75 bits per heavy atom. The van der Waals surface area contributed by atoms with E-state index in [1.54, 1.807) is 0 Å². The fourth-order valence-corrected chi connectivity index (χ4v) is 2.21. The van der Waals surface area contributed by atoms with Crippen molar-refractivity contribution in [3.05, 3.63) is 41.7 Å². The van der Waals surface area contributed by atoms with Crippen molar-refractivity contribution in [2.75, 3.05) is 0 Å². The second-order valence-corrected chi connectivity index (χ2v) is 5.30. The van der Waals surface area contributed by atoms with Gasteiger partial charge in [-0.2, -0.15) is 0 Å². The minimum Gasteiger partial charge on any atom is -0.483 e. The Bertz CT molecular complexity index is 651. The molecule has 1 aliphatic heterocycles. The summed E-state index contributed by atoms with van der Waals surface area (Å²) in [7, 11) is 0. The molecule has 0 fully saturated rings. The summed E-state index contributed by atoms with van der Waals surface area (Å²) in [6, 6.07) is 5.95. The number of ether oxygens (including phenoxy) is 2. The van der Waals surface area contributed by atoms with E-state index in [4.69, 9.17) is 9.47 Å². The lowest BCUT2D eigenvalue weighted by atomic mass is 10.0. The van der Waals surface area contributed by atoms with Crippen LogP contribution in [-0.4, -0.2) is 21.9 Å². The van der Waals surface area contributed by atoms with E-state index in [0.29, 0.717) is 17.6 Å². The van der Waals surface area contributed by atoms with Crippen molar-refractivity contribution >= 4 is 6.29 Å². The molecule has 0 amide bonds. The Kier molecular flexibility index (Phi) is 2.89. The Labute approximate surface area is 116 Å². The number of nitrogens with zero attached hydrogens (tertiary/aromatic N) is 2. The highest BCUT2D eigenvalue weighted by atomic mass is 16.5. The minimum absolute atomic E-state index is 0.192. The molecule has 2 aromatic rings. The van der Waals surface area contributed by atoms with Crippen LogP contribution in [0, 0.1) is 0 Å². The van der Waals surface area contributed by atoms with E-state index < -0.39 is 0 Å². The van der Waals surface area contributed by atoms with Crippen LogP contribution in [0.3, 0.4) is 0 Å². The van der Waals surface area contributed by atoms with Gasteiger partial charge in [-0.05, 0) is 19.9 Å². The van der Waals surface area contributed by atoms with Crippen LogP contribution in [0.2, 0.25) is 0 Å². The maximum absolute atomic E-state index is 10.6. The largest absolute Gasteiger partial charge is 0.483 e. The molecule has 0 radical (unpaired) electrons. The summed E-state index contributed by atoms with van der Waals surface area (Å²) >= 11 is 0. The topological polar surface area (TPSA) is 61.3 Å². The molecule has 0 saturated heterocycles. The first-order valence-electron chi connectivity index (χ1n) is 6.33. The van der Waals surface area contributed by atoms with Gasteiger partial charge < -0.3 is 9.47 Å². The standard InChI is InChI=1S/C15H14N2O3/c1-15(2)6-11-4-3-5-12(13(11)20-15)19-14-16-7-10(9-18)8-17-14/h3-5,7-9H,6H2,1-2H3. The van der Waals surface area contributed by atoms with Crippen LogP contribution < -0.4 is 9.47 Å². The zero-order valence-electron chi connectivity index (χ0n) is 11.3. The van der Waals surface area contributed by atoms with Crippen LogP contribution in [0.15, 0.2) is 30.6 Å². The van der Waals surface area contributed by atoms with Gasteiger partial charge >= 0.3 is 6.01 Å². The highest BCUT2D eigenvalue weighted by Crippen LogP contribution is 2.42. The van der Waals surface area contributed by atoms with Gasteiger partial charge in [0.1, 0.15) is 5.60 Å². The fraction of sp³-hybridized carbons (Fsp3) is 0.267. The van der Waals surface area contributed by atoms with E-state index in [2.05, 4.69) is 9.97 Å². The van der Waals surface area contributed by atoms with Gasteiger partial charge in [-0.25, -0.2) is 9.97 Å². The summed E-state index contributed by atoms with van der Waals surface area (Å²) in [5.74, 6) is 1.33. The highest BCUT2D eigenvalue weighted by Gasteiger charge is 2.32. The molecule has 20 heavy (non-hydrogen) atoms. The lowest BCUT2D eigenvalue weighted by Crippen LogP contribution is -2.24. The molecule has 1 aliphatic rings. The average molecular weight is 270 g/mol. The number of fused-ring (bicyclic) bond motifs is 1. The summed E-state index contributed by atoms with van der Waals surface area (Å²) in [6.07, 6.45) is 4.37. The summed E-state index contributed by atoms with van der Waals surface area (Å²) in [6.45, 7) is 4.07. The van der Waals surface area contributed by atoms with Crippen LogP contribution >= 0.6 is 0 Å². The van der Waals surface area contributed by atoms with Gasteiger partial charge in [0, 0.05) is 24.4 Å². The smallest absolute Gasteiger partial charge is 0.322 e. The van der Waals surface area contributed by atoms with E-state index in [1.165, 1.54) is 12.4 Å². The lowest BCUT2D eigenvalue weighted by molar-refractivity contribution is 0.112. The monoisotopic (exact) mass is 270 g/mol. The normalized spacial score (nSPS) is 15.3. The van der Waals surface area contributed by atoms with Crippen molar-refractivity contribution in [3.63, 3.8) is 0 Å². The molecule has 2 heterocycles. The van der Waals surface area contributed by atoms with E-state index >= 15 is 0 Å². The molecule has 0 aliphatic carbocycles. The van der Waals surface area contributed by atoms with Crippen molar-refractivity contribution < 1.29 is 14.3 Å². The molecule has 0 spiro atoms. The van der Waals surface area contributed by atoms with Crippen molar-refractivity contribution in [2.45, 2.75) is 25.9 Å². The van der Waals surface area contributed by atoms with Crippen LogP contribution in [0.4, 0.5) is 0 Å². The van der Waals surface area contributed by atoms with Crippen molar-refractivity contribution in [3.8, 4) is 17.5 Å². The zero-order valence-corrected chi connectivity index (χ0v) is 11.3. The maximum atomic E-state index is 10.6. The van der Waals surface area contributed by atoms with Crippen LogP contribution in [-0.2, 0) is 6.42 Å². The Morgan fingerprint density at radius 2 is 2.05 bits per heavy atom. The summed E-state index contributed by atoms with van der Waals surface area (Å²) in [5, 5.41) is 0. The first-order chi connectivity index (χ1) is 9.57. The molecule has 0 unspecified atom stereocenters. The van der Waals surface area contributed by atoms with Crippen LogP contribution in [0.25, 0.3) is 0 Å². The van der Waals surface area contributed by atoms with Crippen LogP contribution in [0.5, 0.6) is 17.5 Å². The first-order valence-corrected chi connectivity index (χ1v) is 6.33. The predicted molar refractivity (Wildman–Crippen MR) is 72.3 cm³/mol. The summed E-state index contributed by atoms with van der Waals surface area (Å²) < 4.78 is 11.6. The summed E-state index contributed by atoms with van der Waals surface area (Å²) in [4.78, 5) is 18.5. The second-order valence-electron chi connectivity index (χ2n) is 5.30. The Hall–Kier alpha value is -2.43. The Morgan fingerprint density at radius 1 is 1.30 bits per heavy atom. The molecule has 0 atom stereocenters. The van der Waals surface area contributed by atoms with E-state index in [1.807, 2.05) is 32.0 Å². The molecule has 102 valence electrons. The molecular formula is C15H14N2O3. The van der Waals surface area contributed by atoms with Gasteiger partial charge in [0.25, 0.3) is 0 Å². The van der Waals surface area contributed by atoms with Gasteiger partial charge in [-0.15, -0.1) is 0 Å². The van der Waals surface area contributed by atoms with Gasteiger partial charge in [0.05, 0.1) is 5.56 Å².